The molecular formula is C16H13FN2O2. The third-order valence-corrected chi connectivity index (χ3v) is 3.40. The first kappa shape index (κ1) is 13.3. The fourth-order valence-corrected chi connectivity index (χ4v) is 2.38. The van der Waals surface area contributed by atoms with Crippen molar-refractivity contribution in [3.63, 3.8) is 0 Å². The molecule has 0 aliphatic carbocycles. The van der Waals surface area contributed by atoms with Crippen LogP contribution in [0.25, 0.3) is 0 Å². The maximum Gasteiger partial charge on any atom is 0.329 e. The Hall–Kier alpha value is -2.69. The molecule has 1 saturated heterocycles. The highest BCUT2D eigenvalue weighted by Crippen LogP contribution is 2.23. The standard InChI is InChI=1S/C16H13FN2O2/c17-12-8-4-5-9-14(12)19-15(20)13(18-16(19)21)10-11-6-2-1-3-7-11/h1-9,13H,10H2,(H,18,21). The topological polar surface area (TPSA) is 49.4 Å². The predicted molar refractivity (Wildman–Crippen MR) is 76.4 cm³/mol. The summed E-state index contributed by atoms with van der Waals surface area (Å²) >= 11 is 0. The molecule has 0 bridgehead atoms. The average molecular weight is 284 g/mol. The van der Waals surface area contributed by atoms with E-state index in [1.54, 1.807) is 6.07 Å². The van der Waals surface area contributed by atoms with Crippen molar-refractivity contribution in [1.29, 1.82) is 0 Å². The Kier molecular flexibility index (Phi) is 3.39. The molecule has 3 amide bonds. The van der Waals surface area contributed by atoms with Crippen molar-refractivity contribution in [3.8, 4) is 0 Å². The van der Waals surface area contributed by atoms with Gasteiger partial charge in [-0.3, -0.25) is 4.79 Å². The molecule has 0 radical (unpaired) electrons. The summed E-state index contributed by atoms with van der Waals surface area (Å²) in [6.07, 6.45) is 0.385. The molecule has 0 spiro atoms. The minimum atomic E-state index is -0.667. The van der Waals surface area contributed by atoms with Gasteiger partial charge in [0, 0.05) is 6.42 Å². The number of para-hydroxylation sites is 1. The Labute approximate surface area is 121 Å². The minimum absolute atomic E-state index is 0.0180. The van der Waals surface area contributed by atoms with Gasteiger partial charge in [-0.1, -0.05) is 42.5 Å². The molecule has 1 fully saturated rings. The third kappa shape index (κ3) is 2.50. The monoisotopic (exact) mass is 284 g/mol. The minimum Gasteiger partial charge on any atom is -0.325 e. The van der Waals surface area contributed by atoms with Gasteiger partial charge in [0.05, 0.1) is 5.69 Å². The van der Waals surface area contributed by atoms with Gasteiger partial charge in [0.1, 0.15) is 11.9 Å². The maximum atomic E-state index is 13.8. The van der Waals surface area contributed by atoms with E-state index in [0.29, 0.717) is 6.42 Å². The smallest absolute Gasteiger partial charge is 0.325 e. The number of hydrogen-bond acceptors (Lipinski definition) is 2. The number of carbonyl (C=O) groups is 2. The van der Waals surface area contributed by atoms with Gasteiger partial charge in [0.2, 0.25) is 0 Å². The molecule has 1 aliphatic heterocycles. The highest BCUT2D eigenvalue weighted by molar-refractivity contribution is 6.21. The Morgan fingerprint density at radius 3 is 2.38 bits per heavy atom. The summed E-state index contributed by atoms with van der Waals surface area (Å²) in [6.45, 7) is 0. The molecule has 0 aromatic heterocycles. The highest BCUT2D eigenvalue weighted by Gasteiger charge is 2.39. The van der Waals surface area contributed by atoms with Crippen LogP contribution in [0.4, 0.5) is 14.9 Å². The van der Waals surface area contributed by atoms with Crippen molar-refractivity contribution in [2.45, 2.75) is 12.5 Å². The number of hydrogen-bond donors (Lipinski definition) is 1. The average Bonchev–Trinajstić information content (AvgIpc) is 2.76. The molecule has 1 heterocycles. The normalized spacial score (nSPS) is 18.0. The molecule has 4 nitrogen and oxygen atoms in total. The highest BCUT2D eigenvalue weighted by atomic mass is 19.1. The van der Waals surface area contributed by atoms with Gasteiger partial charge in [0.15, 0.2) is 0 Å². The lowest BCUT2D eigenvalue weighted by molar-refractivity contribution is -0.118. The summed E-state index contributed by atoms with van der Waals surface area (Å²) in [5.41, 5.74) is 0.919. The van der Waals surface area contributed by atoms with Crippen LogP contribution in [0, 0.1) is 5.82 Å². The summed E-state index contributed by atoms with van der Waals surface area (Å²) in [5.74, 6) is -1.03. The second-order valence-electron chi connectivity index (χ2n) is 4.82. The van der Waals surface area contributed by atoms with Crippen LogP contribution in [0.2, 0.25) is 0 Å². The van der Waals surface area contributed by atoms with Crippen molar-refractivity contribution in [2.24, 2.45) is 0 Å². The number of urea groups is 1. The molecule has 21 heavy (non-hydrogen) atoms. The molecule has 0 saturated carbocycles. The van der Waals surface area contributed by atoms with Crippen molar-refractivity contribution < 1.29 is 14.0 Å². The van der Waals surface area contributed by atoms with E-state index in [0.717, 1.165) is 10.5 Å². The van der Waals surface area contributed by atoms with Crippen LogP contribution in [0.3, 0.4) is 0 Å². The summed E-state index contributed by atoms with van der Waals surface area (Å²) in [5, 5.41) is 2.60. The lowest BCUT2D eigenvalue weighted by atomic mass is 10.1. The summed E-state index contributed by atoms with van der Waals surface area (Å²) in [4.78, 5) is 25.2. The molecule has 1 aliphatic rings. The molecule has 106 valence electrons. The zero-order valence-corrected chi connectivity index (χ0v) is 11.1. The van der Waals surface area contributed by atoms with Crippen LogP contribution >= 0.6 is 0 Å². The van der Waals surface area contributed by atoms with E-state index in [4.69, 9.17) is 0 Å². The number of benzene rings is 2. The zero-order chi connectivity index (χ0) is 14.8. The van der Waals surface area contributed by atoms with Gasteiger partial charge < -0.3 is 5.32 Å². The van der Waals surface area contributed by atoms with Gasteiger partial charge in [0.25, 0.3) is 5.91 Å². The summed E-state index contributed by atoms with van der Waals surface area (Å²) in [7, 11) is 0. The van der Waals surface area contributed by atoms with Crippen LogP contribution in [0.5, 0.6) is 0 Å². The summed E-state index contributed by atoms with van der Waals surface area (Å²) in [6, 6.07) is 13.8. The van der Waals surface area contributed by atoms with Crippen LogP contribution in [0.1, 0.15) is 5.56 Å². The SMILES string of the molecule is O=C1NC(Cc2ccccc2)C(=O)N1c1ccccc1F. The van der Waals surface area contributed by atoms with E-state index in [2.05, 4.69) is 5.32 Å². The number of anilines is 1. The van der Waals surface area contributed by atoms with E-state index in [1.807, 2.05) is 30.3 Å². The third-order valence-electron chi connectivity index (χ3n) is 3.40. The number of halogens is 1. The van der Waals surface area contributed by atoms with Crippen molar-refractivity contribution in [2.75, 3.05) is 4.90 Å². The van der Waals surface area contributed by atoms with Gasteiger partial charge >= 0.3 is 6.03 Å². The van der Waals surface area contributed by atoms with Gasteiger partial charge in [-0.15, -0.1) is 0 Å². The van der Waals surface area contributed by atoms with Crippen LogP contribution in [0.15, 0.2) is 54.6 Å². The fraction of sp³-hybridized carbons (Fsp3) is 0.125. The fourth-order valence-electron chi connectivity index (χ4n) is 2.38. The van der Waals surface area contributed by atoms with Gasteiger partial charge in [-0.25, -0.2) is 14.1 Å². The molecule has 5 heteroatoms. The molecular weight excluding hydrogens is 271 g/mol. The first-order chi connectivity index (χ1) is 10.2. The largest absolute Gasteiger partial charge is 0.329 e. The number of nitrogens with zero attached hydrogens (tertiary/aromatic N) is 1. The van der Waals surface area contributed by atoms with Crippen molar-refractivity contribution in [1.82, 2.24) is 5.32 Å². The molecule has 1 unspecified atom stereocenters. The lowest BCUT2D eigenvalue weighted by Gasteiger charge is -2.13. The lowest BCUT2D eigenvalue weighted by Crippen LogP contribution is -2.32. The number of rotatable bonds is 3. The van der Waals surface area contributed by atoms with E-state index in [1.165, 1.54) is 18.2 Å². The van der Waals surface area contributed by atoms with Crippen molar-refractivity contribution >= 4 is 17.6 Å². The Morgan fingerprint density at radius 1 is 1.00 bits per heavy atom. The molecule has 3 rings (SSSR count). The number of nitrogens with one attached hydrogen (secondary N) is 1. The van der Waals surface area contributed by atoms with Crippen LogP contribution < -0.4 is 10.2 Å². The second kappa shape index (κ2) is 5.36. The quantitative estimate of drug-likeness (QED) is 0.880. The first-order valence-corrected chi connectivity index (χ1v) is 6.60. The molecule has 1 N–H and O–H groups in total. The maximum absolute atomic E-state index is 13.8. The molecule has 2 aromatic rings. The van der Waals surface area contributed by atoms with Gasteiger partial charge in [-0.05, 0) is 17.7 Å². The van der Waals surface area contributed by atoms with E-state index in [-0.39, 0.29) is 5.69 Å². The number of carbonyl (C=O) groups excluding carboxylic acids is 2. The Bertz CT molecular complexity index is 688. The van der Waals surface area contributed by atoms with Crippen LogP contribution in [-0.4, -0.2) is 18.0 Å². The first-order valence-electron chi connectivity index (χ1n) is 6.60. The second-order valence-corrected chi connectivity index (χ2v) is 4.82. The van der Waals surface area contributed by atoms with E-state index in [9.17, 15) is 14.0 Å². The Balaban J connectivity index is 1.84. The Morgan fingerprint density at radius 2 is 1.67 bits per heavy atom. The molecule has 1 atom stereocenters. The summed E-state index contributed by atoms with van der Waals surface area (Å²) < 4.78 is 13.8. The molecule has 2 aromatic carbocycles. The van der Waals surface area contributed by atoms with E-state index >= 15 is 0 Å². The van der Waals surface area contributed by atoms with Crippen LogP contribution in [-0.2, 0) is 11.2 Å². The van der Waals surface area contributed by atoms with Gasteiger partial charge in [-0.2, -0.15) is 0 Å². The number of amides is 3. The zero-order valence-electron chi connectivity index (χ0n) is 11.1. The predicted octanol–water partition coefficient (Wildman–Crippen LogP) is 2.49. The van der Waals surface area contributed by atoms with Crippen molar-refractivity contribution in [3.05, 3.63) is 66.0 Å². The van der Waals surface area contributed by atoms with E-state index < -0.39 is 23.8 Å². The number of imide groups is 1.